The number of amides is 1. The van der Waals surface area contributed by atoms with Gasteiger partial charge in [0.1, 0.15) is 0 Å². The fourth-order valence-electron chi connectivity index (χ4n) is 2.56. The van der Waals surface area contributed by atoms with Gasteiger partial charge in [0.25, 0.3) is 0 Å². The Bertz CT molecular complexity index is 268. The maximum atomic E-state index is 12.0. The van der Waals surface area contributed by atoms with E-state index in [0.717, 1.165) is 19.4 Å². The van der Waals surface area contributed by atoms with Crippen LogP contribution < -0.4 is 0 Å². The van der Waals surface area contributed by atoms with E-state index in [1.165, 1.54) is 0 Å². The normalized spacial score (nSPS) is 26.6. The number of hydrogen-bond acceptors (Lipinski definition) is 2. The fraction of sp³-hybridized carbons (Fsp3) is 0.929. The van der Waals surface area contributed by atoms with Crippen molar-refractivity contribution in [3.8, 4) is 0 Å². The van der Waals surface area contributed by atoms with Crippen molar-refractivity contribution in [1.82, 2.24) is 4.90 Å². The second-order valence-corrected chi connectivity index (χ2v) is 6.46. The number of nitrogens with zero attached hydrogens (tertiary/aromatic N) is 1. The second-order valence-electron chi connectivity index (χ2n) is 6.46. The topological polar surface area (TPSA) is 40.5 Å². The second kappa shape index (κ2) is 5.38. The van der Waals surface area contributed by atoms with Gasteiger partial charge in [0.2, 0.25) is 5.91 Å². The summed E-state index contributed by atoms with van der Waals surface area (Å²) in [6.07, 6.45) is 2.20. The molecule has 1 aliphatic heterocycles. The van der Waals surface area contributed by atoms with E-state index < -0.39 is 6.10 Å². The maximum absolute atomic E-state index is 12.0. The fourth-order valence-corrected chi connectivity index (χ4v) is 2.56. The quantitative estimate of drug-likeness (QED) is 0.806. The molecule has 1 aliphatic rings. The van der Waals surface area contributed by atoms with Crippen molar-refractivity contribution >= 4 is 5.91 Å². The predicted molar refractivity (Wildman–Crippen MR) is 69.7 cm³/mol. The third-order valence-corrected chi connectivity index (χ3v) is 4.16. The van der Waals surface area contributed by atoms with Gasteiger partial charge < -0.3 is 10.0 Å². The number of carbonyl (C=O) groups excluding carboxylic acids is 1. The summed E-state index contributed by atoms with van der Waals surface area (Å²) in [6, 6.07) is -0.0683. The summed E-state index contributed by atoms with van der Waals surface area (Å²) in [5.74, 6) is 0.794. The van der Waals surface area contributed by atoms with E-state index in [2.05, 4.69) is 20.8 Å². The lowest BCUT2D eigenvalue weighted by Crippen LogP contribution is -2.44. The van der Waals surface area contributed by atoms with Crippen LogP contribution in [0.5, 0.6) is 0 Å². The third-order valence-electron chi connectivity index (χ3n) is 4.16. The zero-order valence-corrected chi connectivity index (χ0v) is 11.9. The Morgan fingerprint density at radius 3 is 2.35 bits per heavy atom. The van der Waals surface area contributed by atoms with E-state index in [-0.39, 0.29) is 17.4 Å². The van der Waals surface area contributed by atoms with E-state index in [1.807, 2.05) is 11.8 Å². The SMILES string of the molecule is CC(O)C(C)N1CCC(C(C)(C)C)CCC1=O. The number of likely N-dealkylation sites (tertiary alicyclic amines) is 1. The zero-order chi connectivity index (χ0) is 13.2. The molecule has 0 aromatic heterocycles. The molecule has 3 unspecified atom stereocenters. The van der Waals surface area contributed by atoms with Crippen LogP contribution in [0.1, 0.15) is 53.9 Å². The number of carbonyl (C=O) groups is 1. The Balaban J connectivity index is 2.70. The Morgan fingerprint density at radius 2 is 1.88 bits per heavy atom. The molecule has 3 heteroatoms. The molecule has 0 spiro atoms. The molecule has 1 heterocycles. The van der Waals surface area contributed by atoms with Crippen LogP contribution in [0.4, 0.5) is 0 Å². The van der Waals surface area contributed by atoms with Crippen molar-refractivity contribution < 1.29 is 9.90 Å². The van der Waals surface area contributed by atoms with Gasteiger partial charge in [0, 0.05) is 13.0 Å². The van der Waals surface area contributed by atoms with Gasteiger partial charge in [-0.2, -0.15) is 0 Å². The van der Waals surface area contributed by atoms with Gasteiger partial charge in [0.05, 0.1) is 12.1 Å². The highest BCUT2D eigenvalue weighted by molar-refractivity contribution is 5.76. The molecular weight excluding hydrogens is 214 g/mol. The average Bonchev–Trinajstić information content (AvgIpc) is 2.38. The van der Waals surface area contributed by atoms with Gasteiger partial charge in [-0.3, -0.25) is 4.79 Å². The Labute approximate surface area is 105 Å². The van der Waals surface area contributed by atoms with E-state index >= 15 is 0 Å². The first-order valence-corrected chi connectivity index (χ1v) is 6.71. The summed E-state index contributed by atoms with van der Waals surface area (Å²) < 4.78 is 0. The number of aliphatic hydroxyl groups is 1. The first kappa shape index (κ1) is 14.5. The van der Waals surface area contributed by atoms with Crippen molar-refractivity contribution in [3.63, 3.8) is 0 Å². The number of aliphatic hydroxyl groups excluding tert-OH is 1. The lowest BCUT2D eigenvalue weighted by molar-refractivity contribution is -0.134. The van der Waals surface area contributed by atoms with Crippen molar-refractivity contribution in [1.29, 1.82) is 0 Å². The monoisotopic (exact) mass is 241 g/mol. The summed E-state index contributed by atoms with van der Waals surface area (Å²) in [7, 11) is 0. The molecule has 1 N–H and O–H groups in total. The van der Waals surface area contributed by atoms with Gasteiger partial charge in [-0.25, -0.2) is 0 Å². The molecule has 17 heavy (non-hydrogen) atoms. The van der Waals surface area contributed by atoms with Crippen LogP contribution in [0.3, 0.4) is 0 Å². The van der Waals surface area contributed by atoms with Crippen LogP contribution in [0.15, 0.2) is 0 Å². The van der Waals surface area contributed by atoms with Crippen LogP contribution in [0.25, 0.3) is 0 Å². The first-order valence-electron chi connectivity index (χ1n) is 6.71. The van der Waals surface area contributed by atoms with Gasteiger partial charge in [-0.15, -0.1) is 0 Å². The van der Waals surface area contributed by atoms with Crippen LogP contribution in [-0.4, -0.2) is 34.6 Å². The predicted octanol–water partition coefficient (Wildman–Crippen LogP) is 2.43. The van der Waals surface area contributed by atoms with E-state index in [0.29, 0.717) is 12.3 Å². The molecule has 100 valence electrons. The van der Waals surface area contributed by atoms with Gasteiger partial charge in [0.15, 0.2) is 0 Å². The molecule has 0 saturated carbocycles. The standard InChI is InChI=1S/C14H27NO2/c1-10(11(2)16)15-9-8-12(14(3,4)5)6-7-13(15)17/h10-12,16H,6-9H2,1-5H3. The van der Waals surface area contributed by atoms with E-state index in [9.17, 15) is 9.90 Å². The minimum Gasteiger partial charge on any atom is -0.391 e. The molecule has 1 fully saturated rings. The van der Waals surface area contributed by atoms with Gasteiger partial charge in [-0.05, 0) is 38.0 Å². The molecule has 0 aromatic rings. The van der Waals surface area contributed by atoms with Crippen LogP contribution >= 0.6 is 0 Å². The first-order chi connectivity index (χ1) is 7.73. The lowest BCUT2D eigenvalue weighted by atomic mass is 9.77. The summed E-state index contributed by atoms with van der Waals surface area (Å²) >= 11 is 0. The van der Waals surface area contributed by atoms with Crippen LogP contribution in [-0.2, 0) is 4.79 Å². The van der Waals surface area contributed by atoms with Crippen molar-refractivity contribution in [2.75, 3.05) is 6.54 Å². The highest BCUT2D eigenvalue weighted by atomic mass is 16.3. The smallest absolute Gasteiger partial charge is 0.222 e. The van der Waals surface area contributed by atoms with E-state index in [1.54, 1.807) is 6.92 Å². The highest BCUT2D eigenvalue weighted by Crippen LogP contribution is 2.35. The lowest BCUT2D eigenvalue weighted by Gasteiger charge is -2.32. The van der Waals surface area contributed by atoms with Crippen LogP contribution in [0.2, 0.25) is 0 Å². The van der Waals surface area contributed by atoms with E-state index in [4.69, 9.17) is 0 Å². The minimum absolute atomic E-state index is 0.0683. The Hall–Kier alpha value is -0.570. The molecule has 0 aliphatic carbocycles. The van der Waals surface area contributed by atoms with Crippen LogP contribution in [0, 0.1) is 11.3 Å². The summed E-state index contributed by atoms with van der Waals surface area (Å²) in [6.45, 7) is 11.2. The molecule has 0 bridgehead atoms. The minimum atomic E-state index is -0.454. The summed E-state index contributed by atoms with van der Waals surface area (Å²) in [5.41, 5.74) is 0.268. The van der Waals surface area contributed by atoms with Crippen molar-refractivity contribution in [3.05, 3.63) is 0 Å². The third kappa shape index (κ3) is 3.70. The average molecular weight is 241 g/mol. The van der Waals surface area contributed by atoms with Crippen molar-refractivity contribution in [2.45, 2.75) is 66.0 Å². The Kier molecular flexibility index (Phi) is 4.59. The molecule has 3 nitrogen and oxygen atoms in total. The molecule has 0 radical (unpaired) electrons. The number of rotatable bonds is 2. The maximum Gasteiger partial charge on any atom is 0.222 e. The van der Waals surface area contributed by atoms with Gasteiger partial charge in [-0.1, -0.05) is 20.8 Å². The Morgan fingerprint density at radius 1 is 1.29 bits per heavy atom. The molecule has 1 saturated heterocycles. The summed E-state index contributed by atoms with van der Waals surface area (Å²) in [4.78, 5) is 13.9. The van der Waals surface area contributed by atoms with Crippen molar-refractivity contribution in [2.24, 2.45) is 11.3 Å². The number of hydrogen-bond donors (Lipinski definition) is 1. The summed E-state index contributed by atoms with van der Waals surface area (Å²) in [5, 5.41) is 9.61. The molecule has 3 atom stereocenters. The zero-order valence-electron chi connectivity index (χ0n) is 11.9. The molecule has 1 rings (SSSR count). The van der Waals surface area contributed by atoms with Gasteiger partial charge >= 0.3 is 0 Å². The molecular formula is C14H27NO2. The largest absolute Gasteiger partial charge is 0.391 e. The molecule has 1 amide bonds. The molecule has 0 aromatic carbocycles. The highest BCUT2D eigenvalue weighted by Gasteiger charge is 2.32.